The Morgan fingerprint density at radius 2 is 1.89 bits per heavy atom. The molecule has 0 atom stereocenters. The van der Waals surface area contributed by atoms with Gasteiger partial charge in [-0.3, -0.25) is 9.63 Å². The number of hydrogen-bond donors (Lipinski definition) is 1. The fraction of sp³-hybridized carbons (Fsp3) is 0.500. The first kappa shape index (κ1) is 15.9. The van der Waals surface area contributed by atoms with Gasteiger partial charge in [-0.15, -0.1) is 11.8 Å². The van der Waals surface area contributed by atoms with Gasteiger partial charge in [-0.25, -0.2) is 5.48 Å². The highest BCUT2D eigenvalue weighted by molar-refractivity contribution is 8.00. The van der Waals surface area contributed by atoms with E-state index in [1.165, 1.54) is 11.8 Å². The zero-order chi connectivity index (χ0) is 14.3. The fourth-order valence-electron chi connectivity index (χ4n) is 1.19. The first-order valence-corrected chi connectivity index (χ1v) is 7.22. The third-order valence-electron chi connectivity index (χ3n) is 1.98. The van der Waals surface area contributed by atoms with Crippen molar-refractivity contribution < 1.29 is 14.4 Å². The van der Waals surface area contributed by atoms with Crippen LogP contribution in [0.25, 0.3) is 0 Å². The number of hydroxylamine groups is 1. The molecule has 0 aliphatic rings. The Labute approximate surface area is 118 Å². The molecule has 1 N–H and O–H groups in total. The third-order valence-corrected chi connectivity index (χ3v) is 2.99. The molecule has 0 heterocycles. The van der Waals surface area contributed by atoms with E-state index in [1.54, 1.807) is 0 Å². The molecule has 106 valence electrons. The van der Waals surface area contributed by atoms with E-state index in [9.17, 15) is 4.79 Å². The quantitative estimate of drug-likeness (QED) is 0.644. The summed E-state index contributed by atoms with van der Waals surface area (Å²) in [5, 5.41) is 0. The number of nitrogens with one attached hydrogen (secondary N) is 1. The van der Waals surface area contributed by atoms with E-state index < -0.39 is 0 Å². The number of hydrogen-bond acceptors (Lipinski definition) is 4. The SMILES string of the molecule is CCOc1ccc(SCC(=O)NOC(C)(C)C)cc1. The monoisotopic (exact) mass is 283 g/mol. The van der Waals surface area contributed by atoms with Crippen molar-refractivity contribution >= 4 is 17.7 Å². The van der Waals surface area contributed by atoms with Crippen LogP contribution >= 0.6 is 11.8 Å². The summed E-state index contributed by atoms with van der Waals surface area (Å²) in [4.78, 5) is 17.8. The number of rotatable bonds is 6. The van der Waals surface area contributed by atoms with Crippen LogP contribution in [0.3, 0.4) is 0 Å². The molecule has 5 heteroatoms. The van der Waals surface area contributed by atoms with Crippen LogP contribution in [0, 0.1) is 0 Å². The van der Waals surface area contributed by atoms with E-state index >= 15 is 0 Å². The molecule has 1 amide bonds. The van der Waals surface area contributed by atoms with Crippen molar-refractivity contribution in [3.8, 4) is 5.75 Å². The Kier molecular flexibility index (Phi) is 6.18. The Morgan fingerprint density at radius 1 is 1.26 bits per heavy atom. The standard InChI is InChI=1S/C14H21NO3S/c1-5-17-11-6-8-12(9-7-11)19-10-13(16)15-18-14(2,3)4/h6-9H,5,10H2,1-4H3,(H,15,16). The second-order valence-electron chi connectivity index (χ2n) is 4.93. The van der Waals surface area contributed by atoms with Crippen LogP contribution in [-0.2, 0) is 9.63 Å². The number of benzene rings is 1. The van der Waals surface area contributed by atoms with Crippen LogP contribution in [0.5, 0.6) is 5.75 Å². The average molecular weight is 283 g/mol. The highest BCUT2D eigenvalue weighted by atomic mass is 32.2. The van der Waals surface area contributed by atoms with Crippen molar-refractivity contribution in [2.24, 2.45) is 0 Å². The minimum atomic E-state index is -0.376. The van der Waals surface area contributed by atoms with Gasteiger partial charge in [-0.05, 0) is 52.0 Å². The van der Waals surface area contributed by atoms with Gasteiger partial charge >= 0.3 is 0 Å². The second kappa shape index (κ2) is 7.40. The summed E-state index contributed by atoms with van der Waals surface area (Å²) in [5.41, 5.74) is 2.06. The van der Waals surface area contributed by atoms with Gasteiger partial charge in [-0.1, -0.05) is 0 Å². The number of thioether (sulfide) groups is 1. The summed E-state index contributed by atoms with van der Waals surface area (Å²) in [5.74, 6) is 1.02. The van der Waals surface area contributed by atoms with Gasteiger partial charge in [0.2, 0.25) is 0 Å². The van der Waals surface area contributed by atoms with Crippen LogP contribution in [0.1, 0.15) is 27.7 Å². The van der Waals surface area contributed by atoms with E-state index in [4.69, 9.17) is 9.57 Å². The van der Waals surface area contributed by atoms with Crippen LogP contribution in [0.15, 0.2) is 29.2 Å². The Balaban J connectivity index is 2.33. The lowest BCUT2D eigenvalue weighted by molar-refractivity contribution is -0.142. The zero-order valence-corrected chi connectivity index (χ0v) is 12.7. The van der Waals surface area contributed by atoms with Crippen molar-refractivity contribution in [2.75, 3.05) is 12.4 Å². The summed E-state index contributed by atoms with van der Waals surface area (Å²) in [6, 6.07) is 7.67. The maximum atomic E-state index is 11.6. The van der Waals surface area contributed by atoms with Crippen molar-refractivity contribution in [3.05, 3.63) is 24.3 Å². The van der Waals surface area contributed by atoms with Gasteiger partial charge in [0.1, 0.15) is 5.75 Å². The van der Waals surface area contributed by atoms with Crippen molar-refractivity contribution in [1.29, 1.82) is 0 Å². The van der Waals surface area contributed by atoms with Crippen LogP contribution in [0.4, 0.5) is 0 Å². The van der Waals surface area contributed by atoms with Gasteiger partial charge in [0.05, 0.1) is 18.0 Å². The maximum Gasteiger partial charge on any atom is 0.253 e. The predicted octanol–water partition coefficient (Wildman–Crippen LogP) is 3.02. The molecule has 0 saturated carbocycles. The minimum absolute atomic E-state index is 0.145. The molecule has 0 aliphatic heterocycles. The summed E-state index contributed by atoms with van der Waals surface area (Å²) < 4.78 is 5.35. The Bertz CT molecular complexity index is 398. The van der Waals surface area contributed by atoms with Gasteiger partial charge in [0.15, 0.2) is 0 Å². The second-order valence-corrected chi connectivity index (χ2v) is 5.98. The number of ether oxygens (including phenoxy) is 1. The highest BCUT2D eigenvalue weighted by Crippen LogP contribution is 2.21. The molecule has 19 heavy (non-hydrogen) atoms. The maximum absolute atomic E-state index is 11.6. The summed E-state index contributed by atoms with van der Waals surface area (Å²) >= 11 is 1.46. The molecule has 0 unspecified atom stereocenters. The molecular weight excluding hydrogens is 262 g/mol. The number of carbonyl (C=O) groups excluding carboxylic acids is 1. The average Bonchev–Trinajstić information content (AvgIpc) is 2.35. The summed E-state index contributed by atoms with van der Waals surface area (Å²) in [6.45, 7) is 8.24. The van der Waals surface area contributed by atoms with Crippen LogP contribution in [-0.4, -0.2) is 23.9 Å². The van der Waals surface area contributed by atoms with E-state index in [1.807, 2.05) is 52.0 Å². The third kappa shape index (κ3) is 7.08. The molecule has 1 rings (SSSR count). The van der Waals surface area contributed by atoms with Gasteiger partial charge < -0.3 is 4.74 Å². The molecule has 4 nitrogen and oxygen atoms in total. The van der Waals surface area contributed by atoms with E-state index in [2.05, 4.69) is 5.48 Å². The number of amides is 1. The molecular formula is C14H21NO3S. The van der Waals surface area contributed by atoms with E-state index in [-0.39, 0.29) is 11.5 Å². The van der Waals surface area contributed by atoms with Crippen molar-refractivity contribution in [1.82, 2.24) is 5.48 Å². The lowest BCUT2D eigenvalue weighted by Crippen LogP contribution is -2.34. The zero-order valence-electron chi connectivity index (χ0n) is 11.9. The molecule has 0 bridgehead atoms. The number of carbonyl (C=O) groups is 1. The smallest absolute Gasteiger partial charge is 0.253 e. The molecule has 0 fully saturated rings. The molecule has 0 spiro atoms. The Hall–Kier alpha value is -1.20. The molecule has 0 aliphatic carbocycles. The Morgan fingerprint density at radius 3 is 2.42 bits per heavy atom. The molecule has 0 saturated heterocycles. The highest BCUT2D eigenvalue weighted by Gasteiger charge is 2.12. The van der Waals surface area contributed by atoms with Crippen molar-refractivity contribution in [3.63, 3.8) is 0 Å². The van der Waals surface area contributed by atoms with Gasteiger partial charge in [0, 0.05) is 4.90 Å². The lowest BCUT2D eigenvalue weighted by Gasteiger charge is -2.18. The predicted molar refractivity (Wildman–Crippen MR) is 77.3 cm³/mol. The largest absolute Gasteiger partial charge is 0.494 e. The van der Waals surface area contributed by atoms with Crippen LogP contribution in [0.2, 0.25) is 0 Å². The van der Waals surface area contributed by atoms with Crippen LogP contribution < -0.4 is 10.2 Å². The van der Waals surface area contributed by atoms with Gasteiger partial charge in [-0.2, -0.15) is 0 Å². The van der Waals surface area contributed by atoms with Gasteiger partial charge in [0.25, 0.3) is 5.91 Å². The van der Waals surface area contributed by atoms with E-state index in [0.29, 0.717) is 12.4 Å². The summed E-state index contributed by atoms with van der Waals surface area (Å²) in [6.07, 6.45) is 0. The first-order chi connectivity index (χ1) is 8.90. The lowest BCUT2D eigenvalue weighted by atomic mass is 10.2. The first-order valence-electron chi connectivity index (χ1n) is 6.23. The molecule has 1 aromatic rings. The fourth-order valence-corrected chi connectivity index (χ4v) is 1.87. The topological polar surface area (TPSA) is 47.6 Å². The molecule has 0 aromatic heterocycles. The normalized spacial score (nSPS) is 11.2. The minimum Gasteiger partial charge on any atom is -0.494 e. The van der Waals surface area contributed by atoms with E-state index in [0.717, 1.165) is 10.6 Å². The molecule has 0 radical (unpaired) electrons. The summed E-state index contributed by atoms with van der Waals surface area (Å²) in [7, 11) is 0. The van der Waals surface area contributed by atoms with Crippen molar-refractivity contribution in [2.45, 2.75) is 38.2 Å². The molecule has 1 aromatic carbocycles.